The molecule has 1 amide bonds. The molecule has 0 aromatic rings. The lowest BCUT2D eigenvalue weighted by Crippen LogP contribution is -2.38. The van der Waals surface area contributed by atoms with Crippen LogP contribution < -0.4 is 0 Å². The highest BCUT2D eigenvalue weighted by Gasteiger charge is 2.20. The highest BCUT2D eigenvalue weighted by atomic mass is 32.2. The molecule has 1 aliphatic carbocycles. The van der Waals surface area contributed by atoms with E-state index in [-0.39, 0.29) is 0 Å². The zero-order valence-electron chi connectivity index (χ0n) is 8.45. The third-order valence-corrected chi connectivity index (χ3v) is 3.86. The first-order chi connectivity index (χ1) is 6.86. The Labute approximate surface area is 89.7 Å². The van der Waals surface area contributed by atoms with Crippen LogP contribution in [0, 0.1) is 5.92 Å². The lowest BCUT2D eigenvalue weighted by Gasteiger charge is -2.27. The maximum absolute atomic E-state index is 11.8. The summed E-state index contributed by atoms with van der Waals surface area (Å²) in [5.41, 5.74) is 0. The molecule has 0 bridgehead atoms. The van der Waals surface area contributed by atoms with Crippen molar-refractivity contribution >= 4 is 17.7 Å². The molecule has 14 heavy (non-hydrogen) atoms. The lowest BCUT2D eigenvalue weighted by atomic mass is 10.0. The maximum Gasteiger partial charge on any atom is 0.223 e. The zero-order valence-corrected chi connectivity index (χ0v) is 9.26. The van der Waals surface area contributed by atoms with Gasteiger partial charge in [-0.2, -0.15) is 11.8 Å². The third-order valence-electron chi connectivity index (χ3n) is 2.91. The second-order valence-electron chi connectivity index (χ2n) is 3.96. The monoisotopic (exact) mass is 211 g/mol. The van der Waals surface area contributed by atoms with Crippen molar-refractivity contribution in [3.05, 3.63) is 12.2 Å². The Bertz CT molecular complexity index is 233. The minimum atomic E-state index is 0.363. The zero-order chi connectivity index (χ0) is 9.80. The summed E-state index contributed by atoms with van der Waals surface area (Å²) in [6.45, 7) is 1.92. The van der Waals surface area contributed by atoms with Crippen LogP contribution in [-0.2, 0) is 4.79 Å². The van der Waals surface area contributed by atoms with Gasteiger partial charge in [0.1, 0.15) is 0 Å². The predicted molar refractivity (Wildman–Crippen MR) is 60.4 cm³/mol. The maximum atomic E-state index is 11.8. The van der Waals surface area contributed by atoms with Crippen molar-refractivity contribution < 1.29 is 4.79 Å². The van der Waals surface area contributed by atoms with Crippen molar-refractivity contribution in [3.63, 3.8) is 0 Å². The fourth-order valence-electron chi connectivity index (χ4n) is 2.03. The molecule has 0 spiro atoms. The SMILES string of the molecule is O=C(CC1C=CCC1)N1CCSCC1. The van der Waals surface area contributed by atoms with Crippen LogP contribution in [0.5, 0.6) is 0 Å². The molecule has 78 valence electrons. The molecule has 3 heteroatoms. The highest BCUT2D eigenvalue weighted by Crippen LogP contribution is 2.22. The lowest BCUT2D eigenvalue weighted by molar-refractivity contribution is -0.131. The van der Waals surface area contributed by atoms with Gasteiger partial charge in [0.2, 0.25) is 5.91 Å². The van der Waals surface area contributed by atoms with Crippen molar-refractivity contribution in [2.24, 2.45) is 5.92 Å². The first kappa shape index (κ1) is 10.1. The van der Waals surface area contributed by atoms with Crippen LogP contribution >= 0.6 is 11.8 Å². The predicted octanol–water partition coefficient (Wildman–Crippen LogP) is 1.92. The van der Waals surface area contributed by atoms with Gasteiger partial charge in [-0.1, -0.05) is 12.2 Å². The van der Waals surface area contributed by atoms with E-state index in [1.807, 2.05) is 16.7 Å². The van der Waals surface area contributed by atoms with Crippen molar-refractivity contribution in [2.45, 2.75) is 19.3 Å². The highest BCUT2D eigenvalue weighted by molar-refractivity contribution is 7.99. The van der Waals surface area contributed by atoms with E-state index in [9.17, 15) is 4.79 Å². The summed E-state index contributed by atoms with van der Waals surface area (Å²) in [7, 11) is 0. The van der Waals surface area contributed by atoms with Gasteiger partial charge in [-0.05, 0) is 18.8 Å². The number of amides is 1. The Hall–Kier alpha value is -0.440. The van der Waals surface area contributed by atoms with Crippen LogP contribution in [0.4, 0.5) is 0 Å². The average Bonchev–Trinajstić information content (AvgIpc) is 2.72. The number of carbonyl (C=O) groups excluding carboxylic acids is 1. The van der Waals surface area contributed by atoms with E-state index in [0.717, 1.165) is 37.4 Å². The Morgan fingerprint density at radius 1 is 1.43 bits per heavy atom. The van der Waals surface area contributed by atoms with Gasteiger partial charge < -0.3 is 4.90 Å². The molecule has 1 heterocycles. The Balaban J connectivity index is 1.78. The van der Waals surface area contributed by atoms with Crippen molar-refractivity contribution in [1.29, 1.82) is 0 Å². The quantitative estimate of drug-likeness (QED) is 0.650. The minimum Gasteiger partial charge on any atom is -0.341 e. The summed E-state index contributed by atoms with van der Waals surface area (Å²) in [6, 6.07) is 0. The van der Waals surface area contributed by atoms with E-state index >= 15 is 0 Å². The summed E-state index contributed by atoms with van der Waals surface area (Å²) < 4.78 is 0. The number of rotatable bonds is 2. The largest absolute Gasteiger partial charge is 0.341 e. The summed E-state index contributed by atoms with van der Waals surface area (Å²) >= 11 is 1.95. The Kier molecular flexibility index (Phi) is 3.51. The van der Waals surface area contributed by atoms with Gasteiger partial charge in [0.25, 0.3) is 0 Å². The van der Waals surface area contributed by atoms with E-state index in [4.69, 9.17) is 0 Å². The van der Waals surface area contributed by atoms with Gasteiger partial charge >= 0.3 is 0 Å². The molecular formula is C11H17NOS. The summed E-state index contributed by atoms with van der Waals surface area (Å²) in [4.78, 5) is 13.9. The standard InChI is InChI=1S/C11H17NOS/c13-11(9-10-3-1-2-4-10)12-5-7-14-8-6-12/h1,3,10H,2,4-9H2. The molecule has 0 N–H and O–H groups in total. The van der Waals surface area contributed by atoms with Crippen LogP contribution in [-0.4, -0.2) is 35.4 Å². The van der Waals surface area contributed by atoms with Crippen LogP contribution in [0.1, 0.15) is 19.3 Å². The third kappa shape index (κ3) is 2.53. The molecule has 1 saturated heterocycles. The number of hydrogen-bond acceptors (Lipinski definition) is 2. The van der Waals surface area contributed by atoms with Gasteiger partial charge in [-0.3, -0.25) is 4.79 Å². The molecule has 1 fully saturated rings. The normalized spacial score (nSPS) is 26.9. The van der Waals surface area contributed by atoms with Gasteiger partial charge in [0.15, 0.2) is 0 Å². The molecule has 0 aromatic carbocycles. The number of thioether (sulfide) groups is 1. The second kappa shape index (κ2) is 4.87. The molecule has 0 saturated carbocycles. The molecule has 1 atom stereocenters. The van der Waals surface area contributed by atoms with E-state index in [1.54, 1.807) is 0 Å². The number of hydrogen-bond donors (Lipinski definition) is 0. The fourth-order valence-corrected chi connectivity index (χ4v) is 2.93. The van der Waals surface area contributed by atoms with Crippen LogP contribution in [0.15, 0.2) is 12.2 Å². The summed E-state index contributed by atoms with van der Waals surface area (Å²) in [6.07, 6.45) is 7.48. The molecular weight excluding hydrogens is 194 g/mol. The van der Waals surface area contributed by atoms with Gasteiger partial charge in [-0.15, -0.1) is 0 Å². The minimum absolute atomic E-state index is 0.363. The van der Waals surface area contributed by atoms with E-state index < -0.39 is 0 Å². The topological polar surface area (TPSA) is 20.3 Å². The second-order valence-corrected chi connectivity index (χ2v) is 5.19. The first-order valence-corrected chi connectivity index (χ1v) is 6.54. The Morgan fingerprint density at radius 3 is 2.86 bits per heavy atom. The molecule has 2 rings (SSSR count). The average molecular weight is 211 g/mol. The van der Waals surface area contributed by atoms with Gasteiger partial charge in [0.05, 0.1) is 0 Å². The molecule has 1 aliphatic heterocycles. The number of carbonyl (C=O) groups is 1. The van der Waals surface area contributed by atoms with Crippen LogP contribution in [0.3, 0.4) is 0 Å². The summed E-state index contributed by atoms with van der Waals surface area (Å²) in [5, 5.41) is 0. The van der Waals surface area contributed by atoms with Crippen molar-refractivity contribution in [2.75, 3.05) is 24.6 Å². The molecule has 2 aliphatic rings. The van der Waals surface area contributed by atoms with Crippen LogP contribution in [0.25, 0.3) is 0 Å². The number of allylic oxidation sites excluding steroid dienone is 2. The number of nitrogens with zero attached hydrogens (tertiary/aromatic N) is 1. The summed E-state index contributed by atoms with van der Waals surface area (Å²) in [5.74, 6) is 3.12. The van der Waals surface area contributed by atoms with Crippen molar-refractivity contribution in [1.82, 2.24) is 4.90 Å². The van der Waals surface area contributed by atoms with Gasteiger partial charge in [0, 0.05) is 31.0 Å². The smallest absolute Gasteiger partial charge is 0.223 e. The van der Waals surface area contributed by atoms with E-state index in [0.29, 0.717) is 11.8 Å². The molecule has 2 nitrogen and oxygen atoms in total. The van der Waals surface area contributed by atoms with Crippen molar-refractivity contribution in [3.8, 4) is 0 Å². The fraction of sp³-hybridized carbons (Fsp3) is 0.727. The first-order valence-electron chi connectivity index (χ1n) is 5.38. The van der Waals surface area contributed by atoms with E-state index in [2.05, 4.69) is 12.2 Å². The Morgan fingerprint density at radius 2 is 2.21 bits per heavy atom. The van der Waals surface area contributed by atoms with E-state index in [1.165, 1.54) is 6.42 Å². The molecule has 0 aromatic heterocycles. The van der Waals surface area contributed by atoms with Gasteiger partial charge in [-0.25, -0.2) is 0 Å². The van der Waals surface area contributed by atoms with Crippen LogP contribution in [0.2, 0.25) is 0 Å². The molecule has 1 unspecified atom stereocenters. The molecule has 0 radical (unpaired) electrons.